The lowest BCUT2D eigenvalue weighted by molar-refractivity contribution is 0.0997. The van der Waals surface area contributed by atoms with E-state index in [4.69, 9.17) is 5.73 Å². The number of amides is 1. The van der Waals surface area contributed by atoms with Gasteiger partial charge in [-0.15, -0.1) is 0 Å². The number of carbonyl (C=O) groups is 1. The molecule has 1 aromatic carbocycles. The second-order valence-electron chi connectivity index (χ2n) is 6.24. The highest BCUT2D eigenvalue weighted by Crippen LogP contribution is 2.30. The van der Waals surface area contributed by atoms with Crippen LogP contribution in [-0.4, -0.2) is 41.7 Å². The number of carbonyl (C=O) groups excluding carboxylic acids is 1. The van der Waals surface area contributed by atoms with E-state index in [2.05, 4.69) is 9.97 Å². The van der Waals surface area contributed by atoms with Gasteiger partial charge in [-0.2, -0.15) is 4.31 Å². The molecule has 130 valence electrons. The number of fused-ring (bicyclic) bond motifs is 3. The highest BCUT2D eigenvalue weighted by molar-refractivity contribution is 7.89. The number of benzene rings is 1. The number of hydrogen-bond donors (Lipinski definition) is 2. The molecule has 3 N–H and O–H groups in total. The summed E-state index contributed by atoms with van der Waals surface area (Å²) in [6.07, 6.45) is 4.35. The van der Waals surface area contributed by atoms with E-state index in [1.165, 1.54) is 6.20 Å². The number of hydrogen-bond acceptors (Lipinski definition) is 4. The zero-order valence-corrected chi connectivity index (χ0v) is 14.3. The van der Waals surface area contributed by atoms with Gasteiger partial charge in [0, 0.05) is 35.6 Å². The summed E-state index contributed by atoms with van der Waals surface area (Å²) >= 11 is 0. The number of sulfonamides is 1. The minimum absolute atomic E-state index is 0.147. The summed E-state index contributed by atoms with van der Waals surface area (Å²) in [4.78, 5) is 19.0. The lowest BCUT2D eigenvalue weighted by atomic mass is 10.1. The van der Waals surface area contributed by atoms with E-state index >= 15 is 0 Å². The molecule has 1 amide bonds. The van der Waals surface area contributed by atoms with Crippen LogP contribution in [0.2, 0.25) is 0 Å². The maximum absolute atomic E-state index is 12.9. The van der Waals surface area contributed by atoms with Gasteiger partial charge in [0.15, 0.2) is 5.69 Å². The fourth-order valence-electron chi connectivity index (χ4n) is 3.40. The molecule has 1 aliphatic rings. The second-order valence-corrected chi connectivity index (χ2v) is 8.18. The standard InChI is InChI=1S/C17H18N4O3S/c18-17(22)16-15-12(6-7-19-16)13-10-11(4-5-14(13)20-15)25(23,24)21-8-2-1-3-9-21/h4-7,10,20H,1-3,8-9H2,(H2,18,22). The van der Waals surface area contributed by atoms with Crippen LogP contribution >= 0.6 is 0 Å². The largest absolute Gasteiger partial charge is 0.364 e. The molecular formula is C17H18N4O3S. The Morgan fingerprint density at radius 1 is 1.12 bits per heavy atom. The molecule has 0 spiro atoms. The van der Waals surface area contributed by atoms with Crippen LogP contribution < -0.4 is 5.73 Å². The van der Waals surface area contributed by atoms with Crippen molar-refractivity contribution in [3.05, 3.63) is 36.2 Å². The quantitative estimate of drug-likeness (QED) is 0.746. The molecule has 0 saturated carbocycles. The van der Waals surface area contributed by atoms with Gasteiger partial charge in [-0.05, 0) is 37.1 Å². The minimum atomic E-state index is -3.51. The predicted molar refractivity (Wildman–Crippen MR) is 94.7 cm³/mol. The molecule has 0 unspecified atom stereocenters. The summed E-state index contributed by atoms with van der Waals surface area (Å²) in [7, 11) is -3.51. The van der Waals surface area contributed by atoms with E-state index in [-0.39, 0.29) is 10.6 Å². The topological polar surface area (TPSA) is 109 Å². The Bertz CT molecular complexity index is 1080. The summed E-state index contributed by atoms with van der Waals surface area (Å²) in [5.74, 6) is -0.627. The third-order valence-corrected chi connectivity index (χ3v) is 6.57. The smallest absolute Gasteiger partial charge is 0.269 e. The summed E-state index contributed by atoms with van der Waals surface area (Å²) < 4.78 is 27.3. The van der Waals surface area contributed by atoms with Gasteiger partial charge in [0.05, 0.1) is 10.4 Å². The number of primary amides is 1. The van der Waals surface area contributed by atoms with Crippen LogP contribution in [0.4, 0.5) is 0 Å². The average molecular weight is 358 g/mol. The number of aromatic nitrogens is 2. The Balaban J connectivity index is 1.89. The molecule has 3 aromatic rings. The first-order valence-corrected chi connectivity index (χ1v) is 9.63. The van der Waals surface area contributed by atoms with Gasteiger partial charge in [0.25, 0.3) is 5.91 Å². The Labute approximate surface area is 144 Å². The summed E-state index contributed by atoms with van der Waals surface area (Å²) in [6, 6.07) is 6.72. The van der Waals surface area contributed by atoms with Gasteiger partial charge in [-0.3, -0.25) is 4.79 Å². The van der Waals surface area contributed by atoms with Crippen molar-refractivity contribution in [2.24, 2.45) is 5.73 Å². The lowest BCUT2D eigenvalue weighted by Gasteiger charge is -2.25. The summed E-state index contributed by atoms with van der Waals surface area (Å²) in [5.41, 5.74) is 6.79. The van der Waals surface area contributed by atoms with Gasteiger partial charge >= 0.3 is 0 Å². The molecule has 2 aromatic heterocycles. The number of piperidine rings is 1. The molecule has 8 heteroatoms. The van der Waals surface area contributed by atoms with Gasteiger partial charge < -0.3 is 10.7 Å². The van der Waals surface area contributed by atoms with E-state index in [9.17, 15) is 13.2 Å². The van der Waals surface area contributed by atoms with E-state index in [1.807, 2.05) is 0 Å². The van der Waals surface area contributed by atoms with Crippen molar-refractivity contribution >= 4 is 37.7 Å². The van der Waals surface area contributed by atoms with Crippen LogP contribution in [0.15, 0.2) is 35.4 Å². The third-order valence-electron chi connectivity index (χ3n) is 4.68. The first-order valence-electron chi connectivity index (χ1n) is 8.19. The number of pyridine rings is 1. The summed E-state index contributed by atoms with van der Waals surface area (Å²) in [5, 5.41) is 1.47. The van der Waals surface area contributed by atoms with Crippen LogP contribution in [0.3, 0.4) is 0 Å². The number of nitrogens with one attached hydrogen (secondary N) is 1. The first kappa shape index (κ1) is 16.0. The maximum atomic E-state index is 12.9. The van der Waals surface area contributed by atoms with Crippen molar-refractivity contribution in [3.63, 3.8) is 0 Å². The summed E-state index contributed by atoms with van der Waals surface area (Å²) in [6.45, 7) is 1.12. The lowest BCUT2D eigenvalue weighted by Crippen LogP contribution is -2.35. The molecule has 1 saturated heterocycles. The van der Waals surface area contributed by atoms with Crippen LogP contribution in [-0.2, 0) is 10.0 Å². The third kappa shape index (κ3) is 2.58. The number of rotatable bonds is 3. The van der Waals surface area contributed by atoms with Crippen molar-refractivity contribution < 1.29 is 13.2 Å². The van der Waals surface area contributed by atoms with E-state index in [0.29, 0.717) is 18.6 Å². The van der Waals surface area contributed by atoms with E-state index < -0.39 is 15.9 Å². The van der Waals surface area contributed by atoms with Crippen molar-refractivity contribution in [1.29, 1.82) is 0 Å². The molecule has 0 aliphatic carbocycles. The SMILES string of the molecule is NC(=O)c1nccc2c1[nH]c1ccc(S(=O)(=O)N3CCCCC3)cc12. The second kappa shape index (κ2) is 5.82. The van der Waals surface area contributed by atoms with Crippen molar-refractivity contribution in [2.75, 3.05) is 13.1 Å². The Morgan fingerprint density at radius 2 is 1.88 bits per heavy atom. The zero-order chi connectivity index (χ0) is 17.6. The first-order chi connectivity index (χ1) is 12.0. The normalized spacial score (nSPS) is 16.5. The van der Waals surface area contributed by atoms with Crippen molar-refractivity contribution in [3.8, 4) is 0 Å². The van der Waals surface area contributed by atoms with Crippen LogP contribution in [0.5, 0.6) is 0 Å². The van der Waals surface area contributed by atoms with Crippen LogP contribution in [0.1, 0.15) is 29.8 Å². The van der Waals surface area contributed by atoms with Gasteiger partial charge in [0.2, 0.25) is 10.0 Å². The molecular weight excluding hydrogens is 340 g/mol. The van der Waals surface area contributed by atoms with Crippen molar-refractivity contribution in [1.82, 2.24) is 14.3 Å². The van der Waals surface area contributed by atoms with E-state index in [1.54, 1.807) is 28.6 Å². The van der Waals surface area contributed by atoms with E-state index in [0.717, 1.165) is 35.6 Å². The number of aromatic amines is 1. The highest BCUT2D eigenvalue weighted by Gasteiger charge is 2.26. The Hall–Kier alpha value is -2.45. The van der Waals surface area contributed by atoms with Gasteiger partial charge in [0.1, 0.15) is 0 Å². The molecule has 7 nitrogen and oxygen atoms in total. The zero-order valence-electron chi connectivity index (χ0n) is 13.5. The number of H-pyrrole nitrogens is 1. The van der Waals surface area contributed by atoms with Gasteiger partial charge in [-0.25, -0.2) is 13.4 Å². The highest BCUT2D eigenvalue weighted by atomic mass is 32.2. The fraction of sp³-hybridized carbons (Fsp3) is 0.294. The molecule has 0 atom stereocenters. The average Bonchev–Trinajstić information content (AvgIpc) is 3.00. The molecule has 3 heterocycles. The molecule has 1 fully saturated rings. The molecule has 0 radical (unpaired) electrons. The molecule has 0 bridgehead atoms. The van der Waals surface area contributed by atoms with Crippen LogP contribution in [0, 0.1) is 0 Å². The molecule has 1 aliphatic heterocycles. The van der Waals surface area contributed by atoms with Crippen molar-refractivity contribution in [2.45, 2.75) is 24.2 Å². The number of nitrogens with zero attached hydrogens (tertiary/aromatic N) is 2. The number of nitrogens with two attached hydrogens (primary N) is 1. The monoisotopic (exact) mass is 358 g/mol. The fourth-order valence-corrected chi connectivity index (χ4v) is 4.95. The van der Waals surface area contributed by atoms with Gasteiger partial charge in [-0.1, -0.05) is 6.42 Å². The Kier molecular flexibility index (Phi) is 3.73. The predicted octanol–water partition coefficient (Wildman–Crippen LogP) is 1.99. The molecule has 25 heavy (non-hydrogen) atoms. The Morgan fingerprint density at radius 3 is 2.60 bits per heavy atom. The minimum Gasteiger partial charge on any atom is -0.364 e. The molecule has 4 rings (SSSR count). The van der Waals surface area contributed by atoms with Crippen LogP contribution in [0.25, 0.3) is 21.8 Å². The maximum Gasteiger partial charge on any atom is 0.269 e.